The van der Waals surface area contributed by atoms with Gasteiger partial charge in [-0.3, -0.25) is 9.59 Å². The van der Waals surface area contributed by atoms with Gasteiger partial charge in [0, 0.05) is 23.0 Å². The van der Waals surface area contributed by atoms with Crippen LogP contribution in [0.25, 0.3) is 0 Å². The lowest BCUT2D eigenvalue weighted by molar-refractivity contribution is -0.137. The van der Waals surface area contributed by atoms with Crippen molar-refractivity contribution in [3.63, 3.8) is 0 Å². The molecule has 0 heterocycles. The molecular weight excluding hydrogens is 321 g/mol. The molecular formula is C12H13BrClNO3. The molecule has 1 rings (SSSR count). The molecule has 98 valence electrons. The number of carbonyl (C=O) groups excluding carboxylic acids is 1. The number of hydrogen-bond donors (Lipinski definition) is 2. The summed E-state index contributed by atoms with van der Waals surface area (Å²) in [4.78, 5) is 22.2. The number of rotatable bonds is 5. The topological polar surface area (TPSA) is 66.4 Å². The number of hydrogen-bond acceptors (Lipinski definition) is 2. The molecule has 6 heteroatoms. The summed E-state index contributed by atoms with van der Waals surface area (Å²) < 4.78 is 0.722. The highest BCUT2D eigenvalue weighted by Gasteiger charge is 2.11. The molecule has 0 fully saturated rings. The minimum Gasteiger partial charge on any atom is -0.481 e. The summed E-state index contributed by atoms with van der Waals surface area (Å²) in [7, 11) is 0. The van der Waals surface area contributed by atoms with E-state index in [1.165, 1.54) is 0 Å². The molecule has 1 unspecified atom stereocenters. The van der Waals surface area contributed by atoms with Gasteiger partial charge in [-0.2, -0.15) is 0 Å². The zero-order chi connectivity index (χ0) is 13.7. The fourth-order valence-corrected chi connectivity index (χ4v) is 1.80. The van der Waals surface area contributed by atoms with E-state index >= 15 is 0 Å². The zero-order valence-corrected chi connectivity index (χ0v) is 12.1. The lowest BCUT2D eigenvalue weighted by Crippen LogP contribution is -2.29. The summed E-state index contributed by atoms with van der Waals surface area (Å²) in [5, 5.41) is 11.7. The number of benzene rings is 1. The van der Waals surface area contributed by atoms with Gasteiger partial charge in [0.25, 0.3) is 5.91 Å². The van der Waals surface area contributed by atoms with Crippen LogP contribution < -0.4 is 5.32 Å². The minimum absolute atomic E-state index is 0.0291. The fraction of sp³-hybridized carbons (Fsp3) is 0.333. The highest BCUT2D eigenvalue weighted by molar-refractivity contribution is 9.10. The van der Waals surface area contributed by atoms with Crippen molar-refractivity contribution in [1.82, 2.24) is 5.32 Å². The van der Waals surface area contributed by atoms with Gasteiger partial charge in [-0.15, -0.1) is 0 Å². The van der Waals surface area contributed by atoms with Crippen molar-refractivity contribution in [2.75, 3.05) is 6.54 Å². The van der Waals surface area contributed by atoms with Crippen LogP contribution in [0, 0.1) is 5.92 Å². The van der Waals surface area contributed by atoms with Gasteiger partial charge in [0.2, 0.25) is 0 Å². The first-order chi connectivity index (χ1) is 8.40. The maximum absolute atomic E-state index is 11.8. The molecule has 0 aliphatic carbocycles. The summed E-state index contributed by atoms with van der Waals surface area (Å²) in [6.07, 6.45) is 0.0291. The third-order valence-electron chi connectivity index (χ3n) is 2.32. The summed E-state index contributed by atoms with van der Waals surface area (Å²) >= 11 is 9.12. The van der Waals surface area contributed by atoms with Crippen LogP contribution in [0.15, 0.2) is 22.7 Å². The summed E-state index contributed by atoms with van der Waals surface area (Å²) in [6, 6.07) is 4.90. The SMILES string of the molecule is CC(CNC(=O)c1ccc(Br)c(Cl)c1)CC(=O)O. The van der Waals surface area contributed by atoms with E-state index in [1.54, 1.807) is 25.1 Å². The number of carboxylic acids is 1. The average Bonchev–Trinajstić information content (AvgIpc) is 2.28. The van der Waals surface area contributed by atoms with Gasteiger partial charge in [-0.05, 0) is 40.0 Å². The van der Waals surface area contributed by atoms with E-state index in [2.05, 4.69) is 21.2 Å². The Kier molecular flexibility index (Phi) is 5.62. The van der Waals surface area contributed by atoms with Crippen molar-refractivity contribution in [2.45, 2.75) is 13.3 Å². The quantitative estimate of drug-likeness (QED) is 0.870. The Labute approximate surface area is 118 Å². The van der Waals surface area contributed by atoms with Gasteiger partial charge in [0.15, 0.2) is 0 Å². The first kappa shape index (κ1) is 15.0. The maximum atomic E-state index is 11.8. The first-order valence-electron chi connectivity index (χ1n) is 5.35. The highest BCUT2D eigenvalue weighted by atomic mass is 79.9. The van der Waals surface area contributed by atoms with Crippen molar-refractivity contribution in [3.8, 4) is 0 Å². The second kappa shape index (κ2) is 6.75. The van der Waals surface area contributed by atoms with Crippen molar-refractivity contribution in [1.29, 1.82) is 0 Å². The molecule has 0 saturated carbocycles. The Morgan fingerprint density at radius 2 is 2.17 bits per heavy atom. The Morgan fingerprint density at radius 3 is 2.72 bits per heavy atom. The highest BCUT2D eigenvalue weighted by Crippen LogP contribution is 2.23. The second-order valence-electron chi connectivity index (χ2n) is 4.04. The zero-order valence-electron chi connectivity index (χ0n) is 9.74. The van der Waals surface area contributed by atoms with E-state index in [1.807, 2.05) is 0 Å². The van der Waals surface area contributed by atoms with Crippen LogP contribution in [0.3, 0.4) is 0 Å². The van der Waals surface area contributed by atoms with E-state index in [9.17, 15) is 9.59 Å². The number of nitrogens with one attached hydrogen (secondary N) is 1. The standard InChI is InChI=1S/C12H13BrClNO3/c1-7(4-11(16)17)6-15-12(18)8-2-3-9(13)10(14)5-8/h2-3,5,7H,4,6H2,1H3,(H,15,18)(H,16,17). The van der Waals surface area contributed by atoms with Crippen molar-refractivity contribution in [3.05, 3.63) is 33.3 Å². The molecule has 18 heavy (non-hydrogen) atoms. The maximum Gasteiger partial charge on any atom is 0.303 e. The van der Waals surface area contributed by atoms with Gasteiger partial charge in [-0.25, -0.2) is 0 Å². The number of aliphatic carboxylic acids is 1. The van der Waals surface area contributed by atoms with E-state index in [-0.39, 0.29) is 18.2 Å². The fourth-order valence-electron chi connectivity index (χ4n) is 1.38. The van der Waals surface area contributed by atoms with Crippen molar-refractivity contribution in [2.24, 2.45) is 5.92 Å². The second-order valence-corrected chi connectivity index (χ2v) is 5.30. The van der Waals surface area contributed by atoms with E-state index < -0.39 is 5.97 Å². The molecule has 4 nitrogen and oxygen atoms in total. The van der Waals surface area contributed by atoms with Gasteiger partial charge in [0.05, 0.1) is 5.02 Å². The molecule has 1 atom stereocenters. The predicted molar refractivity (Wildman–Crippen MR) is 72.9 cm³/mol. The van der Waals surface area contributed by atoms with Crippen LogP contribution in [-0.2, 0) is 4.79 Å². The van der Waals surface area contributed by atoms with Crippen LogP contribution >= 0.6 is 27.5 Å². The van der Waals surface area contributed by atoms with Gasteiger partial charge in [0.1, 0.15) is 0 Å². The molecule has 2 N–H and O–H groups in total. The average molecular weight is 335 g/mol. The third-order valence-corrected chi connectivity index (χ3v) is 3.55. The Hall–Kier alpha value is -1.07. The van der Waals surface area contributed by atoms with Crippen LogP contribution in [0.4, 0.5) is 0 Å². The van der Waals surface area contributed by atoms with Crippen LogP contribution in [0.1, 0.15) is 23.7 Å². The lowest BCUT2D eigenvalue weighted by Gasteiger charge is -2.10. The van der Waals surface area contributed by atoms with E-state index in [0.29, 0.717) is 17.1 Å². The smallest absolute Gasteiger partial charge is 0.303 e. The largest absolute Gasteiger partial charge is 0.481 e. The van der Waals surface area contributed by atoms with Gasteiger partial charge in [-0.1, -0.05) is 18.5 Å². The van der Waals surface area contributed by atoms with Crippen molar-refractivity contribution >= 4 is 39.4 Å². The Balaban J connectivity index is 2.55. The molecule has 1 amide bonds. The number of carboxylic acid groups (broad SMARTS) is 1. The molecule has 0 bridgehead atoms. The Morgan fingerprint density at radius 1 is 1.50 bits per heavy atom. The summed E-state index contributed by atoms with van der Waals surface area (Å²) in [5.41, 5.74) is 0.450. The normalized spacial score (nSPS) is 11.9. The van der Waals surface area contributed by atoms with E-state index in [0.717, 1.165) is 4.47 Å². The predicted octanol–water partition coefficient (Wildman–Crippen LogP) is 2.94. The molecule has 0 aliphatic heterocycles. The van der Waals surface area contributed by atoms with Crippen LogP contribution in [-0.4, -0.2) is 23.5 Å². The number of carbonyl (C=O) groups is 2. The molecule has 0 aliphatic rings. The van der Waals surface area contributed by atoms with Crippen molar-refractivity contribution < 1.29 is 14.7 Å². The molecule has 0 spiro atoms. The Bertz CT molecular complexity index is 465. The summed E-state index contributed by atoms with van der Waals surface area (Å²) in [5.74, 6) is -1.25. The molecule has 0 saturated heterocycles. The molecule has 1 aromatic rings. The third kappa shape index (κ3) is 4.66. The van der Waals surface area contributed by atoms with Gasteiger partial charge < -0.3 is 10.4 Å². The number of amides is 1. The van der Waals surface area contributed by atoms with Gasteiger partial charge >= 0.3 is 5.97 Å². The minimum atomic E-state index is -0.872. The van der Waals surface area contributed by atoms with Crippen LogP contribution in [0.5, 0.6) is 0 Å². The molecule has 0 aromatic heterocycles. The monoisotopic (exact) mass is 333 g/mol. The molecule has 1 aromatic carbocycles. The number of halogens is 2. The lowest BCUT2D eigenvalue weighted by atomic mass is 10.1. The van der Waals surface area contributed by atoms with Crippen LogP contribution in [0.2, 0.25) is 5.02 Å². The molecule has 0 radical (unpaired) electrons. The summed E-state index contributed by atoms with van der Waals surface area (Å²) in [6.45, 7) is 2.09. The first-order valence-corrected chi connectivity index (χ1v) is 6.52. The van der Waals surface area contributed by atoms with E-state index in [4.69, 9.17) is 16.7 Å².